The molecule has 0 aliphatic carbocycles. The number of carboxylic acid groups (broad SMARTS) is 1. The SMILES string of the molecule is CC(CC(=O)O)NCc1c[nH]c2c(-c3noc(-c4ccc(OC(C)C)c(Cl)c4)n3)cccc12. The Bertz CT molecular complexity index is 1280. The zero-order valence-corrected chi connectivity index (χ0v) is 19.3. The monoisotopic (exact) mass is 468 g/mol. The van der Waals surface area contributed by atoms with Crippen LogP contribution in [0.3, 0.4) is 0 Å². The lowest BCUT2D eigenvalue weighted by Gasteiger charge is -2.11. The molecule has 0 bridgehead atoms. The van der Waals surface area contributed by atoms with Gasteiger partial charge in [0.2, 0.25) is 5.82 Å². The van der Waals surface area contributed by atoms with Gasteiger partial charge in [0.05, 0.1) is 23.1 Å². The molecule has 2 heterocycles. The Balaban J connectivity index is 1.58. The lowest BCUT2D eigenvalue weighted by molar-refractivity contribution is -0.137. The molecule has 3 N–H and O–H groups in total. The quantitative estimate of drug-likeness (QED) is 0.306. The zero-order chi connectivity index (χ0) is 23.5. The van der Waals surface area contributed by atoms with Gasteiger partial charge in [-0.15, -0.1) is 0 Å². The number of fused-ring (bicyclic) bond motifs is 1. The number of aliphatic carboxylic acids is 1. The first-order valence-electron chi connectivity index (χ1n) is 10.7. The number of ether oxygens (including phenoxy) is 1. The smallest absolute Gasteiger partial charge is 0.304 e. The molecule has 0 aliphatic rings. The second kappa shape index (κ2) is 9.64. The van der Waals surface area contributed by atoms with Crippen molar-refractivity contribution in [3.8, 4) is 28.6 Å². The topological polar surface area (TPSA) is 113 Å². The highest BCUT2D eigenvalue weighted by atomic mass is 35.5. The Morgan fingerprint density at radius 1 is 1.27 bits per heavy atom. The number of aromatic nitrogens is 3. The molecule has 33 heavy (non-hydrogen) atoms. The van der Waals surface area contributed by atoms with Crippen LogP contribution in [0.25, 0.3) is 33.7 Å². The minimum Gasteiger partial charge on any atom is -0.489 e. The number of carboxylic acids is 1. The Labute approximate surface area is 195 Å². The summed E-state index contributed by atoms with van der Waals surface area (Å²) in [5.41, 5.74) is 3.41. The molecule has 9 heteroatoms. The van der Waals surface area contributed by atoms with Gasteiger partial charge in [0.1, 0.15) is 5.75 Å². The van der Waals surface area contributed by atoms with Crippen molar-refractivity contribution in [2.45, 2.75) is 45.9 Å². The maximum Gasteiger partial charge on any atom is 0.304 e. The lowest BCUT2D eigenvalue weighted by atomic mass is 10.1. The average Bonchev–Trinajstić information content (AvgIpc) is 3.40. The van der Waals surface area contributed by atoms with E-state index in [0.29, 0.717) is 34.6 Å². The van der Waals surface area contributed by atoms with Gasteiger partial charge in [-0.25, -0.2) is 0 Å². The van der Waals surface area contributed by atoms with Crippen molar-refractivity contribution in [2.75, 3.05) is 0 Å². The van der Waals surface area contributed by atoms with E-state index in [0.717, 1.165) is 22.0 Å². The third-order valence-electron chi connectivity index (χ3n) is 5.13. The molecule has 0 radical (unpaired) electrons. The molecular weight excluding hydrogens is 444 g/mol. The Morgan fingerprint density at radius 2 is 2.09 bits per heavy atom. The molecule has 4 aromatic rings. The van der Waals surface area contributed by atoms with Crippen LogP contribution in [0.15, 0.2) is 47.1 Å². The highest BCUT2D eigenvalue weighted by molar-refractivity contribution is 6.32. The van der Waals surface area contributed by atoms with Gasteiger partial charge in [0.15, 0.2) is 0 Å². The summed E-state index contributed by atoms with van der Waals surface area (Å²) in [5, 5.41) is 17.8. The van der Waals surface area contributed by atoms with Gasteiger partial charge in [-0.3, -0.25) is 4.79 Å². The van der Waals surface area contributed by atoms with Crippen LogP contribution in [0.4, 0.5) is 0 Å². The van der Waals surface area contributed by atoms with Gasteiger partial charge in [-0.1, -0.05) is 28.9 Å². The molecule has 172 valence electrons. The van der Waals surface area contributed by atoms with E-state index in [-0.39, 0.29) is 18.6 Å². The number of hydrogen-bond acceptors (Lipinski definition) is 6. The fourth-order valence-corrected chi connectivity index (χ4v) is 3.82. The van der Waals surface area contributed by atoms with Crippen molar-refractivity contribution in [1.82, 2.24) is 20.4 Å². The van der Waals surface area contributed by atoms with E-state index >= 15 is 0 Å². The predicted octanol–water partition coefficient (Wildman–Crippen LogP) is 5.28. The van der Waals surface area contributed by atoms with Crippen LogP contribution >= 0.6 is 11.6 Å². The third-order valence-corrected chi connectivity index (χ3v) is 5.43. The van der Waals surface area contributed by atoms with E-state index in [4.69, 9.17) is 26.0 Å². The van der Waals surface area contributed by atoms with E-state index < -0.39 is 5.97 Å². The van der Waals surface area contributed by atoms with E-state index in [9.17, 15) is 4.79 Å². The molecule has 2 aromatic heterocycles. The van der Waals surface area contributed by atoms with Crippen LogP contribution in [0, 0.1) is 0 Å². The van der Waals surface area contributed by atoms with Crippen molar-refractivity contribution in [2.24, 2.45) is 0 Å². The third kappa shape index (κ3) is 5.18. The molecule has 8 nitrogen and oxygen atoms in total. The molecule has 2 aromatic carbocycles. The van der Waals surface area contributed by atoms with Gasteiger partial charge in [0, 0.05) is 35.3 Å². The van der Waals surface area contributed by atoms with Gasteiger partial charge >= 0.3 is 5.97 Å². The zero-order valence-electron chi connectivity index (χ0n) is 18.6. The average molecular weight is 469 g/mol. The fourth-order valence-electron chi connectivity index (χ4n) is 3.60. The van der Waals surface area contributed by atoms with Crippen LogP contribution in [0.2, 0.25) is 5.02 Å². The van der Waals surface area contributed by atoms with Gasteiger partial charge in [-0.2, -0.15) is 4.98 Å². The number of carbonyl (C=O) groups is 1. The van der Waals surface area contributed by atoms with Crippen molar-refractivity contribution in [1.29, 1.82) is 0 Å². The highest BCUT2D eigenvalue weighted by Crippen LogP contribution is 2.33. The summed E-state index contributed by atoms with van der Waals surface area (Å²) in [4.78, 5) is 18.7. The fraction of sp³-hybridized carbons (Fsp3) is 0.292. The maximum absolute atomic E-state index is 10.9. The lowest BCUT2D eigenvalue weighted by Crippen LogP contribution is -2.27. The van der Waals surface area contributed by atoms with Crippen molar-refractivity contribution < 1.29 is 19.2 Å². The summed E-state index contributed by atoms with van der Waals surface area (Å²) >= 11 is 6.35. The first-order valence-corrected chi connectivity index (χ1v) is 11.0. The molecule has 0 aliphatic heterocycles. The van der Waals surface area contributed by atoms with Crippen molar-refractivity contribution in [3.63, 3.8) is 0 Å². The Morgan fingerprint density at radius 3 is 2.82 bits per heavy atom. The molecule has 1 unspecified atom stereocenters. The van der Waals surface area contributed by atoms with Gasteiger partial charge in [0.25, 0.3) is 5.89 Å². The molecular formula is C24H25ClN4O4. The first kappa shape index (κ1) is 22.8. The Kier molecular flexibility index (Phi) is 6.67. The molecule has 0 saturated heterocycles. The van der Waals surface area contributed by atoms with Gasteiger partial charge in [-0.05, 0) is 50.6 Å². The standard InChI is InChI=1S/C24H25ClN4O4/c1-13(2)32-20-8-7-15(10-19(20)25)24-28-23(29-33-24)18-6-4-5-17-16(12-27-22(17)18)11-26-14(3)9-21(30)31/h4-8,10,12-14,26-27H,9,11H2,1-3H3,(H,30,31). The predicted molar refractivity (Wildman–Crippen MR) is 126 cm³/mol. The number of para-hydroxylation sites is 1. The van der Waals surface area contributed by atoms with Crippen LogP contribution < -0.4 is 10.1 Å². The summed E-state index contributed by atoms with van der Waals surface area (Å²) in [7, 11) is 0. The number of rotatable bonds is 9. The van der Waals surface area contributed by atoms with Crippen LogP contribution in [0.5, 0.6) is 5.75 Å². The summed E-state index contributed by atoms with van der Waals surface area (Å²) in [6, 6.07) is 11.1. The number of H-pyrrole nitrogens is 1. The number of aromatic amines is 1. The number of nitrogens with one attached hydrogen (secondary N) is 2. The number of halogens is 1. The first-order chi connectivity index (χ1) is 15.8. The minimum absolute atomic E-state index is 0.0186. The highest BCUT2D eigenvalue weighted by Gasteiger charge is 2.17. The molecule has 0 amide bonds. The Hall–Kier alpha value is -3.36. The van der Waals surface area contributed by atoms with Gasteiger partial charge < -0.3 is 24.7 Å². The van der Waals surface area contributed by atoms with E-state index in [1.165, 1.54) is 0 Å². The summed E-state index contributed by atoms with van der Waals surface area (Å²) < 4.78 is 11.2. The molecule has 0 spiro atoms. The maximum atomic E-state index is 10.9. The minimum atomic E-state index is -0.826. The van der Waals surface area contributed by atoms with Crippen LogP contribution in [-0.2, 0) is 11.3 Å². The number of benzene rings is 2. The number of hydrogen-bond donors (Lipinski definition) is 3. The summed E-state index contributed by atoms with van der Waals surface area (Å²) in [6.07, 6.45) is 1.99. The normalized spacial score (nSPS) is 12.4. The summed E-state index contributed by atoms with van der Waals surface area (Å²) in [5.74, 6) is 0.586. The largest absolute Gasteiger partial charge is 0.489 e. The second-order valence-corrected chi connectivity index (χ2v) is 8.56. The molecule has 0 fully saturated rings. The van der Waals surface area contributed by atoms with E-state index in [1.807, 2.05) is 51.2 Å². The van der Waals surface area contributed by atoms with E-state index in [1.54, 1.807) is 12.1 Å². The van der Waals surface area contributed by atoms with Crippen molar-refractivity contribution >= 4 is 28.5 Å². The van der Waals surface area contributed by atoms with E-state index in [2.05, 4.69) is 20.4 Å². The van der Waals surface area contributed by atoms with Crippen LogP contribution in [-0.4, -0.2) is 38.3 Å². The molecule has 0 saturated carbocycles. The molecule has 4 rings (SSSR count). The van der Waals surface area contributed by atoms with Crippen molar-refractivity contribution in [3.05, 3.63) is 53.2 Å². The van der Waals surface area contributed by atoms with Crippen LogP contribution in [0.1, 0.15) is 32.8 Å². The number of nitrogens with zero attached hydrogens (tertiary/aromatic N) is 2. The molecule has 1 atom stereocenters. The second-order valence-electron chi connectivity index (χ2n) is 8.16. The summed E-state index contributed by atoms with van der Waals surface area (Å²) in [6.45, 7) is 6.27.